The molecule has 164 valence electrons. The standard InChI is InChI=1S/C25H31N3O3/c1-5-17(4)23(29)27-21(16(2)3)25(31)28-15-18-11-9-10-14-20(18)22(28)24(30)26-19-12-7-6-8-13-19/h6-14,16-17,21-22H,5,15H2,1-4H3,(H,26,30)(H,27,29)/t17-,21+,22?/m1/s1. The van der Waals surface area contributed by atoms with Crippen LogP contribution < -0.4 is 10.6 Å². The highest BCUT2D eigenvalue weighted by molar-refractivity contribution is 6.00. The summed E-state index contributed by atoms with van der Waals surface area (Å²) in [5.41, 5.74) is 2.44. The Kier molecular flexibility index (Phi) is 7.10. The molecule has 1 aliphatic heterocycles. The van der Waals surface area contributed by atoms with Crippen molar-refractivity contribution >= 4 is 23.4 Å². The number of benzene rings is 2. The molecule has 2 N–H and O–H groups in total. The SMILES string of the molecule is CC[C@@H](C)C(=O)N[C@H](C(=O)N1Cc2ccccc2C1C(=O)Nc1ccccc1)C(C)C. The number of rotatable bonds is 7. The highest BCUT2D eigenvalue weighted by Crippen LogP contribution is 2.35. The maximum absolute atomic E-state index is 13.6. The fourth-order valence-corrected chi connectivity index (χ4v) is 3.78. The third-order valence-electron chi connectivity index (χ3n) is 5.87. The van der Waals surface area contributed by atoms with Crippen molar-refractivity contribution in [2.24, 2.45) is 11.8 Å². The van der Waals surface area contributed by atoms with Gasteiger partial charge in [-0.1, -0.05) is 70.2 Å². The minimum absolute atomic E-state index is 0.109. The lowest BCUT2D eigenvalue weighted by Crippen LogP contribution is -2.52. The first-order valence-electron chi connectivity index (χ1n) is 10.9. The van der Waals surface area contributed by atoms with E-state index in [-0.39, 0.29) is 29.6 Å². The normalized spacial score (nSPS) is 17.1. The molecule has 2 aromatic rings. The fourth-order valence-electron chi connectivity index (χ4n) is 3.78. The Labute approximate surface area is 184 Å². The highest BCUT2D eigenvalue weighted by atomic mass is 16.2. The van der Waals surface area contributed by atoms with Gasteiger partial charge in [0.25, 0.3) is 5.91 Å². The van der Waals surface area contributed by atoms with Crippen molar-refractivity contribution in [1.82, 2.24) is 10.2 Å². The number of carbonyl (C=O) groups is 3. The zero-order valence-electron chi connectivity index (χ0n) is 18.6. The highest BCUT2D eigenvalue weighted by Gasteiger charge is 2.41. The minimum atomic E-state index is -0.745. The van der Waals surface area contributed by atoms with Crippen LogP contribution in [0.15, 0.2) is 54.6 Å². The predicted octanol–water partition coefficient (Wildman–Crippen LogP) is 3.90. The molecule has 1 unspecified atom stereocenters. The molecule has 3 rings (SSSR count). The van der Waals surface area contributed by atoms with Gasteiger partial charge in [-0.15, -0.1) is 0 Å². The molecular formula is C25H31N3O3. The monoisotopic (exact) mass is 421 g/mol. The third kappa shape index (κ3) is 4.95. The van der Waals surface area contributed by atoms with Crippen molar-refractivity contribution in [2.45, 2.75) is 52.7 Å². The Morgan fingerprint density at radius 2 is 1.65 bits per heavy atom. The lowest BCUT2D eigenvalue weighted by atomic mass is 9.99. The van der Waals surface area contributed by atoms with Crippen LogP contribution in [0.2, 0.25) is 0 Å². The zero-order valence-corrected chi connectivity index (χ0v) is 18.6. The van der Waals surface area contributed by atoms with E-state index in [1.54, 1.807) is 4.90 Å². The average molecular weight is 422 g/mol. The summed E-state index contributed by atoms with van der Waals surface area (Å²) < 4.78 is 0. The second-order valence-electron chi connectivity index (χ2n) is 8.46. The van der Waals surface area contributed by atoms with Crippen LogP contribution in [-0.4, -0.2) is 28.7 Å². The van der Waals surface area contributed by atoms with Crippen molar-refractivity contribution < 1.29 is 14.4 Å². The Bertz CT molecular complexity index is 942. The van der Waals surface area contributed by atoms with E-state index in [0.717, 1.165) is 11.1 Å². The van der Waals surface area contributed by atoms with Crippen LogP contribution in [0, 0.1) is 11.8 Å². The van der Waals surface area contributed by atoms with Crippen molar-refractivity contribution in [3.05, 3.63) is 65.7 Å². The second kappa shape index (κ2) is 9.77. The molecule has 2 aromatic carbocycles. The molecule has 3 amide bonds. The van der Waals surface area contributed by atoms with E-state index in [9.17, 15) is 14.4 Å². The molecular weight excluding hydrogens is 390 g/mol. The fraction of sp³-hybridized carbons (Fsp3) is 0.400. The maximum atomic E-state index is 13.6. The first kappa shape index (κ1) is 22.5. The molecule has 6 nitrogen and oxygen atoms in total. The number of hydrogen-bond acceptors (Lipinski definition) is 3. The summed E-state index contributed by atoms with van der Waals surface area (Å²) in [4.78, 5) is 41.0. The van der Waals surface area contributed by atoms with Gasteiger partial charge in [0, 0.05) is 18.2 Å². The Balaban J connectivity index is 1.89. The molecule has 0 fully saturated rings. The van der Waals surface area contributed by atoms with Gasteiger partial charge in [0.05, 0.1) is 0 Å². The Morgan fingerprint density at radius 3 is 2.29 bits per heavy atom. The molecule has 3 atom stereocenters. The second-order valence-corrected chi connectivity index (χ2v) is 8.46. The van der Waals surface area contributed by atoms with Crippen LogP contribution in [0.3, 0.4) is 0 Å². The third-order valence-corrected chi connectivity index (χ3v) is 5.87. The molecule has 0 spiro atoms. The van der Waals surface area contributed by atoms with Gasteiger partial charge in [0.1, 0.15) is 12.1 Å². The van der Waals surface area contributed by atoms with Gasteiger partial charge in [0.15, 0.2) is 0 Å². The van der Waals surface area contributed by atoms with E-state index in [1.165, 1.54) is 0 Å². The maximum Gasteiger partial charge on any atom is 0.251 e. The molecule has 1 heterocycles. The largest absolute Gasteiger partial charge is 0.344 e. The summed E-state index contributed by atoms with van der Waals surface area (Å²) >= 11 is 0. The lowest BCUT2D eigenvalue weighted by Gasteiger charge is -2.31. The van der Waals surface area contributed by atoms with Gasteiger partial charge in [0.2, 0.25) is 11.8 Å². The van der Waals surface area contributed by atoms with Crippen LogP contribution in [0.25, 0.3) is 0 Å². The number of anilines is 1. The van der Waals surface area contributed by atoms with Crippen LogP contribution >= 0.6 is 0 Å². The van der Waals surface area contributed by atoms with Crippen molar-refractivity contribution in [3.63, 3.8) is 0 Å². The summed E-state index contributed by atoms with van der Waals surface area (Å²) in [5.74, 6) is -0.933. The van der Waals surface area contributed by atoms with Crippen LogP contribution in [0.5, 0.6) is 0 Å². The summed E-state index contributed by atoms with van der Waals surface area (Å²) in [6.07, 6.45) is 0.697. The van der Waals surface area contributed by atoms with Crippen molar-refractivity contribution in [3.8, 4) is 0 Å². The number of carbonyl (C=O) groups excluding carboxylic acids is 3. The summed E-state index contributed by atoms with van der Waals surface area (Å²) in [6, 6.07) is 15.4. The van der Waals surface area contributed by atoms with Gasteiger partial charge >= 0.3 is 0 Å². The first-order chi connectivity index (χ1) is 14.8. The van der Waals surface area contributed by atoms with E-state index in [4.69, 9.17) is 0 Å². The minimum Gasteiger partial charge on any atom is -0.344 e. The summed E-state index contributed by atoms with van der Waals surface area (Å²) in [7, 11) is 0. The van der Waals surface area contributed by atoms with Gasteiger partial charge in [-0.2, -0.15) is 0 Å². The Morgan fingerprint density at radius 1 is 1.00 bits per heavy atom. The zero-order chi connectivity index (χ0) is 22.5. The van der Waals surface area contributed by atoms with Gasteiger partial charge in [-0.05, 0) is 35.6 Å². The number of nitrogens with zero attached hydrogens (tertiary/aromatic N) is 1. The molecule has 0 radical (unpaired) electrons. The number of amides is 3. The molecule has 6 heteroatoms. The summed E-state index contributed by atoms with van der Waals surface area (Å²) in [5, 5.41) is 5.84. The quantitative estimate of drug-likeness (QED) is 0.712. The molecule has 31 heavy (non-hydrogen) atoms. The van der Waals surface area contributed by atoms with Crippen LogP contribution in [0.1, 0.15) is 51.3 Å². The van der Waals surface area contributed by atoms with Crippen LogP contribution in [0.4, 0.5) is 5.69 Å². The molecule has 1 aliphatic rings. The molecule has 0 saturated heterocycles. The van der Waals surface area contributed by atoms with E-state index < -0.39 is 12.1 Å². The van der Waals surface area contributed by atoms with Gasteiger partial charge in [-0.25, -0.2) is 0 Å². The number of para-hydroxylation sites is 1. The van der Waals surface area contributed by atoms with E-state index in [0.29, 0.717) is 18.7 Å². The number of fused-ring (bicyclic) bond motifs is 1. The van der Waals surface area contributed by atoms with Gasteiger partial charge in [-0.3, -0.25) is 14.4 Å². The summed E-state index contributed by atoms with van der Waals surface area (Å²) in [6.45, 7) is 7.93. The van der Waals surface area contributed by atoms with Crippen molar-refractivity contribution in [2.75, 3.05) is 5.32 Å². The lowest BCUT2D eigenvalue weighted by molar-refractivity contribution is -0.143. The van der Waals surface area contributed by atoms with Gasteiger partial charge < -0.3 is 15.5 Å². The van der Waals surface area contributed by atoms with Crippen molar-refractivity contribution in [1.29, 1.82) is 0 Å². The number of hydrogen-bond donors (Lipinski definition) is 2. The smallest absolute Gasteiger partial charge is 0.251 e. The molecule has 0 aromatic heterocycles. The van der Waals surface area contributed by atoms with E-state index in [1.807, 2.05) is 82.3 Å². The topological polar surface area (TPSA) is 78.5 Å². The van der Waals surface area contributed by atoms with E-state index in [2.05, 4.69) is 10.6 Å². The predicted molar refractivity (Wildman–Crippen MR) is 121 cm³/mol. The first-order valence-corrected chi connectivity index (χ1v) is 10.9. The van der Waals surface area contributed by atoms with E-state index >= 15 is 0 Å². The molecule has 0 saturated carbocycles. The molecule has 0 aliphatic carbocycles. The van der Waals surface area contributed by atoms with Crippen LogP contribution in [-0.2, 0) is 20.9 Å². The Hall–Kier alpha value is -3.15. The average Bonchev–Trinajstić information content (AvgIpc) is 3.16. The molecule has 0 bridgehead atoms. The number of nitrogens with one attached hydrogen (secondary N) is 2.